The minimum atomic E-state index is -3.87. The van der Waals surface area contributed by atoms with Gasteiger partial charge < -0.3 is 10.2 Å². The fourth-order valence-electron chi connectivity index (χ4n) is 4.23. The van der Waals surface area contributed by atoms with E-state index in [0.29, 0.717) is 27.8 Å². The van der Waals surface area contributed by atoms with Crippen LogP contribution >= 0.6 is 39.1 Å². The molecule has 41 heavy (non-hydrogen) atoms. The Morgan fingerprint density at radius 3 is 2.17 bits per heavy atom. The molecule has 0 aliphatic rings. The number of hydrogen-bond acceptors (Lipinski definition) is 4. The fourth-order valence-corrected chi connectivity index (χ4v) is 5.83. The maximum absolute atomic E-state index is 14.2. The monoisotopic (exact) mass is 681 g/mol. The highest BCUT2D eigenvalue weighted by molar-refractivity contribution is 9.10. The molecular formula is C30H34BrCl2N3O4S. The van der Waals surface area contributed by atoms with Crippen molar-refractivity contribution in [3.8, 4) is 0 Å². The van der Waals surface area contributed by atoms with Gasteiger partial charge in [0.2, 0.25) is 21.8 Å². The van der Waals surface area contributed by atoms with E-state index >= 15 is 0 Å². The quantitative estimate of drug-likeness (QED) is 0.245. The van der Waals surface area contributed by atoms with Gasteiger partial charge in [0.25, 0.3) is 0 Å². The van der Waals surface area contributed by atoms with E-state index in [1.807, 2.05) is 51.1 Å². The Labute approximate surface area is 261 Å². The van der Waals surface area contributed by atoms with E-state index in [1.54, 1.807) is 36.4 Å². The van der Waals surface area contributed by atoms with E-state index < -0.39 is 28.5 Å². The third kappa shape index (κ3) is 9.20. The molecule has 1 unspecified atom stereocenters. The minimum Gasteiger partial charge on any atom is -0.354 e. The Hall–Kier alpha value is -2.59. The standard InChI is InChI=1S/C30H34BrCl2N3O4S/c1-20(2)17-34-30(38)28(16-22-9-6-5-7-10-22)35(18-24-26(32)11-8-12-27(24)33)29(37)19-36(41(4,39)40)23-13-14-25(31)21(3)15-23/h5-15,20,28H,16-19H2,1-4H3,(H,34,38). The zero-order valence-corrected chi connectivity index (χ0v) is 27.3. The number of halogens is 3. The number of nitrogens with zero attached hydrogens (tertiary/aromatic N) is 2. The summed E-state index contributed by atoms with van der Waals surface area (Å²) in [6, 6.07) is 18.4. The Morgan fingerprint density at radius 2 is 1.61 bits per heavy atom. The number of benzene rings is 3. The number of carbonyl (C=O) groups excluding carboxylic acids is 2. The summed E-state index contributed by atoms with van der Waals surface area (Å²) in [5, 5.41) is 3.61. The van der Waals surface area contributed by atoms with Crippen LogP contribution in [0.4, 0.5) is 5.69 Å². The summed E-state index contributed by atoms with van der Waals surface area (Å²) in [5.74, 6) is -0.753. The zero-order valence-electron chi connectivity index (χ0n) is 23.4. The van der Waals surface area contributed by atoms with Gasteiger partial charge in [-0.05, 0) is 54.3 Å². The molecule has 1 N–H and O–H groups in total. The average Bonchev–Trinajstić information content (AvgIpc) is 2.90. The van der Waals surface area contributed by atoms with Gasteiger partial charge in [-0.25, -0.2) is 8.42 Å². The van der Waals surface area contributed by atoms with Crippen LogP contribution in [0.1, 0.15) is 30.5 Å². The highest BCUT2D eigenvalue weighted by Gasteiger charge is 2.34. The van der Waals surface area contributed by atoms with Crippen molar-refractivity contribution in [1.29, 1.82) is 0 Å². The second-order valence-electron chi connectivity index (χ2n) is 10.3. The molecule has 0 fully saturated rings. The van der Waals surface area contributed by atoms with Crippen molar-refractivity contribution in [2.24, 2.45) is 5.92 Å². The fraction of sp³-hybridized carbons (Fsp3) is 0.333. The molecule has 0 aliphatic carbocycles. The highest BCUT2D eigenvalue weighted by atomic mass is 79.9. The molecule has 0 aliphatic heterocycles. The van der Waals surface area contributed by atoms with Crippen LogP contribution in [0.5, 0.6) is 0 Å². The lowest BCUT2D eigenvalue weighted by Crippen LogP contribution is -2.53. The first kappa shape index (κ1) is 32.9. The van der Waals surface area contributed by atoms with Crippen LogP contribution in [0, 0.1) is 12.8 Å². The molecule has 0 heterocycles. The van der Waals surface area contributed by atoms with E-state index in [-0.39, 0.29) is 24.8 Å². The summed E-state index contributed by atoms with van der Waals surface area (Å²) >= 11 is 16.4. The number of hydrogen-bond donors (Lipinski definition) is 1. The van der Waals surface area contributed by atoms with Crippen LogP contribution in [0.25, 0.3) is 0 Å². The van der Waals surface area contributed by atoms with Crippen LogP contribution in [-0.2, 0) is 32.6 Å². The molecule has 11 heteroatoms. The van der Waals surface area contributed by atoms with Crippen molar-refractivity contribution in [1.82, 2.24) is 10.2 Å². The number of carbonyl (C=O) groups is 2. The van der Waals surface area contributed by atoms with Gasteiger partial charge in [0.1, 0.15) is 12.6 Å². The molecule has 0 bridgehead atoms. The van der Waals surface area contributed by atoms with Gasteiger partial charge in [0, 0.05) is 39.6 Å². The Balaban J connectivity index is 2.10. The second kappa shape index (κ2) is 14.5. The first-order valence-electron chi connectivity index (χ1n) is 13.1. The van der Waals surface area contributed by atoms with Crippen molar-refractivity contribution >= 4 is 66.7 Å². The van der Waals surface area contributed by atoms with Crippen LogP contribution in [0.2, 0.25) is 10.0 Å². The van der Waals surface area contributed by atoms with Gasteiger partial charge in [0.15, 0.2) is 0 Å². The Morgan fingerprint density at radius 1 is 0.976 bits per heavy atom. The number of sulfonamides is 1. The van der Waals surface area contributed by atoms with Crippen molar-refractivity contribution in [2.75, 3.05) is 23.7 Å². The molecule has 3 rings (SSSR count). The molecule has 3 aromatic carbocycles. The van der Waals surface area contributed by atoms with E-state index in [0.717, 1.165) is 26.2 Å². The van der Waals surface area contributed by atoms with Crippen molar-refractivity contribution in [3.05, 3.63) is 97.9 Å². The lowest BCUT2D eigenvalue weighted by atomic mass is 10.0. The molecular weight excluding hydrogens is 649 g/mol. The summed E-state index contributed by atoms with van der Waals surface area (Å²) in [5.41, 5.74) is 2.44. The SMILES string of the molecule is Cc1cc(N(CC(=O)N(Cc2c(Cl)cccc2Cl)C(Cc2ccccc2)C(=O)NCC(C)C)S(C)(=O)=O)ccc1Br. The summed E-state index contributed by atoms with van der Waals surface area (Å²) in [6.45, 7) is 5.57. The summed E-state index contributed by atoms with van der Waals surface area (Å²) in [7, 11) is -3.87. The lowest BCUT2D eigenvalue weighted by Gasteiger charge is -2.34. The number of nitrogens with one attached hydrogen (secondary N) is 1. The largest absolute Gasteiger partial charge is 0.354 e. The third-order valence-electron chi connectivity index (χ3n) is 6.45. The van der Waals surface area contributed by atoms with Gasteiger partial charge in [0.05, 0.1) is 11.9 Å². The van der Waals surface area contributed by atoms with Gasteiger partial charge >= 0.3 is 0 Å². The summed E-state index contributed by atoms with van der Waals surface area (Å²) in [4.78, 5) is 29.2. The van der Waals surface area contributed by atoms with Crippen molar-refractivity contribution in [3.63, 3.8) is 0 Å². The van der Waals surface area contributed by atoms with E-state index in [4.69, 9.17) is 23.2 Å². The molecule has 0 spiro atoms. The first-order valence-corrected chi connectivity index (χ1v) is 16.5. The van der Waals surface area contributed by atoms with E-state index in [2.05, 4.69) is 21.2 Å². The van der Waals surface area contributed by atoms with Crippen LogP contribution in [0.3, 0.4) is 0 Å². The number of anilines is 1. The number of amides is 2. The Kier molecular flexibility index (Phi) is 11.7. The normalized spacial score (nSPS) is 12.2. The van der Waals surface area contributed by atoms with Crippen LogP contribution in [-0.4, -0.2) is 50.5 Å². The molecule has 0 saturated carbocycles. The molecule has 7 nitrogen and oxygen atoms in total. The summed E-state index contributed by atoms with van der Waals surface area (Å²) in [6.07, 6.45) is 1.25. The van der Waals surface area contributed by atoms with Gasteiger partial charge in [-0.15, -0.1) is 0 Å². The summed E-state index contributed by atoms with van der Waals surface area (Å²) < 4.78 is 27.7. The number of aryl methyl sites for hydroxylation is 1. The predicted molar refractivity (Wildman–Crippen MR) is 170 cm³/mol. The molecule has 3 aromatic rings. The lowest BCUT2D eigenvalue weighted by molar-refractivity contribution is -0.140. The van der Waals surface area contributed by atoms with Crippen LogP contribution < -0.4 is 9.62 Å². The Bertz CT molecular complexity index is 1470. The van der Waals surface area contributed by atoms with Crippen molar-refractivity contribution in [2.45, 2.75) is 39.8 Å². The molecule has 2 amide bonds. The van der Waals surface area contributed by atoms with Crippen molar-refractivity contribution < 1.29 is 18.0 Å². The molecule has 0 aromatic heterocycles. The maximum atomic E-state index is 14.2. The average molecular weight is 683 g/mol. The van der Waals surface area contributed by atoms with E-state index in [1.165, 1.54) is 4.90 Å². The molecule has 220 valence electrons. The molecule has 1 atom stereocenters. The topological polar surface area (TPSA) is 86.8 Å². The smallest absolute Gasteiger partial charge is 0.244 e. The second-order valence-corrected chi connectivity index (χ2v) is 13.8. The highest BCUT2D eigenvalue weighted by Crippen LogP contribution is 2.29. The van der Waals surface area contributed by atoms with Gasteiger partial charge in [-0.3, -0.25) is 13.9 Å². The predicted octanol–water partition coefficient (Wildman–Crippen LogP) is 6.24. The molecule has 0 saturated heterocycles. The minimum absolute atomic E-state index is 0.0963. The maximum Gasteiger partial charge on any atom is 0.244 e. The number of rotatable bonds is 12. The zero-order chi connectivity index (χ0) is 30.3. The third-order valence-corrected chi connectivity index (χ3v) is 9.19. The van der Waals surface area contributed by atoms with Gasteiger partial charge in [-0.1, -0.05) is 89.4 Å². The molecule has 0 radical (unpaired) electrons. The van der Waals surface area contributed by atoms with Gasteiger partial charge in [-0.2, -0.15) is 0 Å². The van der Waals surface area contributed by atoms with Crippen LogP contribution in [0.15, 0.2) is 71.2 Å². The first-order chi connectivity index (χ1) is 19.3. The van der Waals surface area contributed by atoms with E-state index in [9.17, 15) is 18.0 Å².